The van der Waals surface area contributed by atoms with Crippen LogP contribution in [0.5, 0.6) is 0 Å². The van der Waals surface area contributed by atoms with E-state index >= 15 is 0 Å². The fourth-order valence-electron chi connectivity index (χ4n) is 6.43. The highest BCUT2D eigenvalue weighted by molar-refractivity contribution is 7.13. The Balaban J connectivity index is 1.30. The van der Waals surface area contributed by atoms with Crippen molar-refractivity contribution in [1.82, 2.24) is 4.57 Å². The average molecular weight is 400 g/mol. The summed E-state index contributed by atoms with van der Waals surface area (Å²) in [5.41, 5.74) is 2.41. The van der Waals surface area contributed by atoms with Crippen LogP contribution in [0.25, 0.3) is 10.6 Å². The third-order valence-electron chi connectivity index (χ3n) is 7.14. The second kappa shape index (κ2) is 7.34. The number of hydrogen-bond donors (Lipinski definition) is 1. The summed E-state index contributed by atoms with van der Waals surface area (Å²) in [5.74, 6) is 1.94. The minimum atomic E-state index is -0.741. The van der Waals surface area contributed by atoms with Crippen LogP contribution in [0.3, 0.4) is 0 Å². The molecule has 4 nitrogen and oxygen atoms in total. The normalized spacial score (nSPS) is 30.8. The average Bonchev–Trinajstić information content (AvgIpc) is 3.28. The van der Waals surface area contributed by atoms with Gasteiger partial charge in [0.25, 0.3) is 0 Å². The lowest BCUT2D eigenvalue weighted by molar-refractivity contribution is -0.163. The molecule has 1 N–H and O–H groups in total. The Morgan fingerprint density at radius 1 is 1.14 bits per heavy atom. The first-order chi connectivity index (χ1) is 13.6. The summed E-state index contributed by atoms with van der Waals surface area (Å²) in [7, 11) is 0. The van der Waals surface area contributed by atoms with E-state index in [0.29, 0.717) is 6.42 Å². The van der Waals surface area contributed by atoms with Crippen molar-refractivity contribution in [2.24, 2.45) is 17.8 Å². The van der Waals surface area contributed by atoms with E-state index in [1.807, 2.05) is 0 Å². The number of aromatic nitrogens is 1. The van der Waals surface area contributed by atoms with E-state index in [2.05, 4.69) is 34.2 Å². The van der Waals surface area contributed by atoms with Crippen LogP contribution in [0.4, 0.5) is 0 Å². The van der Waals surface area contributed by atoms with Gasteiger partial charge in [-0.05, 0) is 86.3 Å². The van der Waals surface area contributed by atoms with Gasteiger partial charge in [-0.25, -0.2) is 0 Å². The van der Waals surface area contributed by atoms with Crippen molar-refractivity contribution in [3.63, 3.8) is 0 Å². The van der Waals surface area contributed by atoms with Crippen molar-refractivity contribution in [2.75, 3.05) is 6.61 Å². The summed E-state index contributed by atoms with van der Waals surface area (Å²) >= 11 is 1.73. The number of rotatable bonds is 8. The van der Waals surface area contributed by atoms with Gasteiger partial charge in [0.05, 0.1) is 29.2 Å². The number of aliphatic carboxylic acids is 1. The van der Waals surface area contributed by atoms with Crippen LogP contribution < -0.4 is 0 Å². The molecule has 0 atom stereocenters. The molecule has 0 unspecified atom stereocenters. The number of nitrogens with zero attached hydrogens (tertiary/aromatic N) is 1. The van der Waals surface area contributed by atoms with E-state index in [-0.39, 0.29) is 12.0 Å². The van der Waals surface area contributed by atoms with Crippen molar-refractivity contribution >= 4 is 17.3 Å². The van der Waals surface area contributed by atoms with Gasteiger partial charge in [-0.2, -0.15) is 0 Å². The lowest BCUT2D eigenvalue weighted by atomic mass is 9.54. The van der Waals surface area contributed by atoms with Gasteiger partial charge in [0.2, 0.25) is 0 Å². The third-order valence-corrected chi connectivity index (χ3v) is 8.04. The number of carboxylic acid groups (broad SMARTS) is 1. The molecule has 2 aromatic rings. The summed E-state index contributed by atoms with van der Waals surface area (Å²) < 4.78 is 8.92. The maximum atomic E-state index is 11.1. The van der Waals surface area contributed by atoms with Crippen molar-refractivity contribution in [3.8, 4) is 10.6 Å². The molecular formula is C23H29NO3S. The summed E-state index contributed by atoms with van der Waals surface area (Å²) in [5, 5.41) is 11.2. The topological polar surface area (TPSA) is 51.5 Å². The number of ether oxygens (including phenoxy) is 1. The lowest BCUT2D eigenvalue weighted by Gasteiger charge is -2.56. The minimum absolute atomic E-state index is 0.131. The zero-order valence-corrected chi connectivity index (χ0v) is 17.1. The Morgan fingerprint density at radius 3 is 2.46 bits per heavy atom. The largest absolute Gasteiger partial charge is 0.481 e. The Bertz CT molecular complexity index is 803. The molecular weight excluding hydrogens is 370 g/mol. The first-order valence-corrected chi connectivity index (χ1v) is 11.6. The van der Waals surface area contributed by atoms with E-state index in [0.717, 1.165) is 36.6 Å². The molecule has 0 spiro atoms. The number of hydrogen-bond acceptors (Lipinski definition) is 3. The summed E-state index contributed by atoms with van der Waals surface area (Å²) in [6.45, 7) is 1.52. The number of carbonyl (C=O) groups is 1. The monoisotopic (exact) mass is 399 g/mol. The molecule has 0 radical (unpaired) electrons. The molecule has 6 rings (SSSR count). The minimum Gasteiger partial charge on any atom is -0.481 e. The van der Waals surface area contributed by atoms with Gasteiger partial charge in [-0.15, -0.1) is 11.3 Å². The molecule has 2 aromatic heterocycles. The fourth-order valence-corrected chi connectivity index (χ4v) is 7.19. The maximum Gasteiger partial charge on any atom is 0.303 e. The Kier molecular flexibility index (Phi) is 4.84. The number of carboxylic acids is 1. The highest BCUT2D eigenvalue weighted by atomic mass is 32.1. The van der Waals surface area contributed by atoms with Crippen molar-refractivity contribution < 1.29 is 14.6 Å². The van der Waals surface area contributed by atoms with Crippen LogP contribution in [0.1, 0.15) is 50.6 Å². The van der Waals surface area contributed by atoms with Gasteiger partial charge < -0.3 is 14.4 Å². The summed E-state index contributed by atoms with van der Waals surface area (Å²) in [6.07, 6.45) is 8.81. The number of aryl methyl sites for hydroxylation is 1. The lowest BCUT2D eigenvalue weighted by Crippen LogP contribution is -2.52. The molecule has 0 aliphatic heterocycles. The molecule has 0 aromatic carbocycles. The summed E-state index contributed by atoms with van der Waals surface area (Å²) in [4.78, 5) is 12.3. The smallest absolute Gasteiger partial charge is 0.303 e. The highest BCUT2D eigenvalue weighted by Crippen LogP contribution is 2.57. The molecule has 2 heterocycles. The first kappa shape index (κ1) is 18.4. The van der Waals surface area contributed by atoms with E-state index in [9.17, 15) is 4.79 Å². The van der Waals surface area contributed by atoms with Gasteiger partial charge in [0.1, 0.15) is 0 Å². The Labute approximate surface area is 170 Å². The van der Waals surface area contributed by atoms with Gasteiger partial charge in [0.15, 0.2) is 0 Å². The van der Waals surface area contributed by atoms with E-state index in [1.54, 1.807) is 11.3 Å². The van der Waals surface area contributed by atoms with Gasteiger partial charge in [-0.1, -0.05) is 6.07 Å². The molecule has 4 aliphatic carbocycles. The van der Waals surface area contributed by atoms with Crippen molar-refractivity contribution in [2.45, 2.75) is 63.5 Å². The van der Waals surface area contributed by atoms with Gasteiger partial charge >= 0.3 is 5.97 Å². The maximum absolute atomic E-state index is 11.1. The molecule has 5 heteroatoms. The van der Waals surface area contributed by atoms with E-state index in [1.165, 1.54) is 49.1 Å². The highest BCUT2D eigenvalue weighted by Gasteiger charge is 2.51. The van der Waals surface area contributed by atoms with Crippen molar-refractivity contribution in [1.29, 1.82) is 0 Å². The molecule has 28 heavy (non-hydrogen) atoms. The number of thiophene rings is 1. The fraction of sp³-hybridized carbons (Fsp3) is 0.609. The molecule has 150 valence electrons. The first-order valence-electron chi connectivity index (χ1n) is 10.7. The van der Waals surface area contributed by atoms with Crippen LogP contribution in [0, 0.1) is 17.8 Å². The summed E-state index contributed by atoms with van der Waals surface area (Å²) in [6, 6.07) is 8.42. The molecule has 4 fully saturated rings. The van der Waals surface area contributed by atoms with Gasteiger partial charge in [0, 0.05) is 12.2 Å². The molecule has 4 aliphatic rings. The second-order valence-corrected chi connectivity index (χ2v) is 10.1. The second-order valence-electron chi connectivity index (χ2n) is 9.18. The molecule has 0 saturated heterocycles. The van der Waals surface area contributed by atoms with Crippen LogP contribution in [0.15, 0.2) is 29.6 Å². The van der Waals surface area contributed by atoms with Crippen molar-refractivity contribution in [3.05, 3.63) is 35.3 Å². The van der Waals surface area contributed by atoms with Crippen LogP contribution in [-0.2, 0) is 22.5 Å². The van der Waals surface area contributed by atoms with Crippen LogP contribution in [-0.4, -0.2) is 27.9 Å². The predicted octanol–water partition coefficient (Wildman–Crippen LogP) is 5.22. The molecule has 4 saturated carbocycles. The third kappa shape index (κ3) is 3.55. The zero-order valence-electron chi connectivity index (χ0n) is 16.3. The molecule has 0 amide bonds. The Morgan fingerprint density at radius 2 is 1.86 bits per heavy atom. The standard InChI is InChI=1S/C23H29NO3S/c25-22(26)6-4-19-3-5-20(21-2-1-9-28-21)24(19)7-8-27-23-13-16-10-17(14-23)12-18(11-16)15-23/h1-3,5,9,16-18H,4,6-8,10-15H2,(H,25,26). The van der Waals surface area contributed by atoms with E-state index in [4.69, 9.17) is 9.84 Å². The quantitative estimate of drug-likeness (QED) is 0.662. The SMILES string of the molecule is O=C(O)CCc1ccc(-c2cccs2)n1CCOC12CC3CC(CC(C3)C1)C2. The predicted molar refractivity (Wildman–Crippen MR) is 111 cm³/mol. The van der Waals surface area contributed by atoms with Crippen LogP contribution in [0.2, 0.25) is 0 Å². The Hall–Kier alpha value is -1.59. The van der Waals surface area contributed by atoms with Gasteiger partial charge in [-0.3, -0.25) is 4.79 Å². The van der Waals surface area contributed by atoms with E-state index < -0.39 is 5.97 Å². The zero-order chi connectivity index (χ0) is 19.1. The van der Waals surface area contributed by atoms with Crippen LogP contribution >= 0.6 is 11.3 Å². The molecule has 4 bridgehead atoms.